The number of halogens is 1. The molecule has 0 radical (unpaired) electrons. The lowest BCUT2D eigenvalue weighted by Crippen LogP contribution is -2.27. The molecule has 2 rings (SSSR count). The first-order valence-electron chi connectivity index (χ1n) is 5.62. The highest BCUT2D eigenvalue weighted by Gasteiger charge is 2.68. The van der Waals surface area contributed by atoms with Gasteiger partial charge in [-0.2, -0.15) is 0 Å². The van der Waals surface area contributed by atoms with Crippen LogP contribution in [-0.4, -0.2) is 38.2 Å². The van der Waals surface area contributed by atoms with Crippen LogP contribution >= 0.6 is 0 Å². The normalized spacial score (nSPS) is 31.3. The molecule has 0 spiro atoms. The Balaban J connectivity index is 2.41. The van der Waals surface area contributed by atoms with Gasteiger partial charge in [0.1, 0.15) is 5.82 Å². The van der Waals surface area contributed by atoms with Crippen LogP contribution in [-0.2, 0) is 9.84 Å². The highest BCUT2D eigenvalue weighted by Crippen LogP contribution is 2.61. The first-order chi connectivity index (χ1) is 8.36. The molecule has 1 saturated carbocycles. The van der Waals surface area contributed by atoms with Crippen LogP contribution in [0.15, 0.2) is 24.3 Å². The topological polar surface area (TPSA) is 80.4 Å². The maximum absolute atomic E-state index is 12.9. The number of benzene rings is 1. The molecule has 4 nitrogen and oxygen atoms in total. The summed E-state index contributed by atoms with van der Waals surface area (Å²) in [5, 5.41) is 8.77. The standard InChI is InChI=1S/C12H16FNO3S/c1-18(16,17)11-10(12(11,6-14)7-15)8-2-4-9(13)5-3-8/h2-5,10-11,15H,6-7,14H2,1H3. The Morgan fingerprint density at radius 2 is 1.94 bits per heavy atom. The van der Waals surface area contributed by atoms with Gasteiger partial charge in [-0.1, -0.05) is 12.1 Å². The molecule has 0 aromatic heterocycles. The van der Waals surface area contributed by atoms with Crippen molar-refractivity contribution in [3.63, 3.8) is 0 Å². The average Bonchev–Trinajstić information content (AvgIpc) is 3.00. The van der Waals surface area contributed by atoms with Crippen molar-refractivity contribution in [2.75, 3.05) is 19.4 Å². The Kier molecular flexibility index (Phi) is 3.21. The van der Waals surface area contributed by atoms with Gasteiger partial charge in [0, 0.05) is 24.1 Å². The minimum absolute atomic E-state index is 0.0866. The van der Waals surface area contributed by atoms with Gasteiger partial charge in [-0.05, 0) is 17.7 Å². The van der Waals surface area contributed by atoms with E-state index < -0.39 is 20.5 Å². The summed E-state index contributed by atoms with van der Waals surface area (Å²) in [5.74, 6) is -0.735. The zero-order valence-electron chi connectivity index (χ0n) is 10.0. The predicted molar refractivity (Wildman–Crippen MR) is 66.3 cm³/mol. The van der Waals surface area contributed by atoms with Crippen molar-refractivity contribution in [1.29, 1.82) is 0 Å². The van der Waals surface area contributed by atoms with E-state index in [0.29, 0.717) is 5.56 Å². The highest BCUT2D eigenvalue weighted by atomic mass is 32.2. The van der Waals surface area contributed by atoms with E-state index in [1.165, 1.54) is 12.1 Å². The Morgan fingerprint density at radius 1 is 1.39 bits per heavy atom. The first-order valence-corrected chi connectivity index (χ1v) is 7.57. The number of aliphatic hydroxyl groups excluding tert-OH is 1. The van der Waals surface area contributed by atoms with Crippen molar-refractivity contribution in [2.45, 2.75) is 11.2 Å². The Bertz CT molecular complexity index is 537. The Morgan fingerprint density at radius 3 is 2.28 bits per heavy atom. The molecule has 0 amide bonds. The number of hydrogen-bond donors (Lipinski definition) is 2. The van der Waals surface area contributed by atoms with Crippen molar-refractivity contribution in [1.82, 2.24) is 0 Å². The molecule has 100 valence electrons. The van der Waals surface area contributed by atoms with E-state index in [4.69, 9.17) is 5.73 Å². The highest BCUT2D eigenvalue weighted by molar-refractivity contribution is 7.91. The van der Waals surface area contributed by atoms with Crippen molar-refractivity contribution in [3.05, 3.63) is 35.6 Å². The minimum atomic E-state index is -3.30. The van der Waals surface area contributed by atoms with Crippen LogP contribution in [0, 0.1) is 11.2 Å². The van der Waals surface area contributed by atoms with Gasteiger partial charge < -0.3 is 10.8 Å². The summed E-state index contributed by atoms with van der Waals surface area (Å²) in [6.45, 7) is -0.202. The Labute approximate surface area is 106 Å². The van der Waals surface area contributed by atoms with Gasteiger partial charge in [0.15, 0.2) is 9.84 Å². The van der Waals surface area contributed by atoms with Crippen LogP contribution in [0.1, 0.15) is 11.5 Å². The maximum Gasteiger partial charge on any atom is 0.151 e. The number of hydrogen-bond acceptors (Lipinski definition) is 4. The van der Waals surface area contributed by atoms with E-state index in [2.05, 4.69) is 0 Å². The van der Waals surface area contributed by atoms with E-state index in [1.807, 2.05) is 0 Å². The third-order valence-electron chi connectivity index (χ3n) is 3.74. The summed E-state index contributed by atoms with van der Waals surface area (Å²) in [5.41, 5.74) is 5.50. The van der Waals surface area contributed by atoms with Gasteiger partial charge in [-0.15, -0.1) is 0 Å². The van der Waals surface area contributed by atoms with Crippen LogP contribution in [0.4, 0.5) is 4.39 Å². The fraction of sp³-hybridized carbons (Fsp3) is 0.500. The quantitative estimate of drug-likeness (QED) is 0.825. The van der Waals surface area contributed by atoms with Gasteiger partial charge in [-0.3, -0.25) is 0 Å². The molecule has 3 unspecified atom stereocenters. The van der Waals surface area contributed by atoms with Crippen molar-refractivity contribution < 1.29 is 17.9 Å². The van der Waals surface area contributed by atoms with Crippen LogP contribution in [0.5, 0.6) is 0 Å². The van der Waals surface area contributed by atoms with Crippen LogP contribution in [0.25, 0.3) is 0 Å². The average molecular weight is 273 g/mol. The second-order valence-corrected chi connectivity index (χ2v) is 7.04. The molecule has 0 bridgehead atoms. The molecule has 18 heavy (non-hydrogen) atoms. The lowest BCUT2D eigenvalue weighted by Gasteiger charge is -2.11. The molecule has 1 aliphatic carbocycles. The summed E-state index contributed by atoms with van der Waals surface area (Å²) in [4.78, 5) is 0. The van der Waals surface area contributed by atoms with E-state index in [0.717, 1.165) is 6.26 Å². The summed E-state index contributed by atoms with van der Waals surface area (Å²) >= 11 is 0. The number of sulfone groups is 1. The molecule has 0 aliphatic heterocycles. The molecule has 1 aromatic carbocycles. The second-order valence-electron chi connectivity index (χ2n) is 4.87. The van der Waals surface area contributed by atoms with Crippen molar-refractivity contribution in [2.24, 2.45) is 11.1 Å². The summed E-state index contributed by atoms with van der Waals surface area (Å²) in [7, 11) is -3.30. The zero-order chi connectivity index (χ0) is 13.6. The number of rotatable bonds is 4. The molecule has 1 aromatic rings. The fourth-order valence-electron chi connectivity index (χ4n) is 2.80. The number of aliphatic hydroxyl groups is 1. The lowest BCUT2D eigenvalue weighted by atomic mass is 10.0. The van der Waals surface area contributed by atoms with E-state index >= 15 is 0 Å². The lowest BCUT2D eigenvalue weighted by molar-refractivity contribution is 0.212. The summed E-state index contributed by atoms with van der Waals surface area (Å²) in [6, 6.07) is 5.66. The minimum Gasteiger partial charge on any atom is -0.396 e. The van der Waals surface area contributed by atoms with Gasteiger partial charge in [0.25, 0.3) is 0 Å². The van der Waals surface area contributed by atoms with Crippen LogP contribution < -0.4 is 5.73 Å². The molecule has 3 N–H and O–H groups in total. The second kappa shape index (κ2) is 4.29. The molecule has 1 aliphatic rings. The van der Waals surface area contributed by atoms with Crippen molar-refractivity contribution >= 4 is 9.84 Å². The van der Waals surface area contributed by atoms with Gasteiger partial charge in [-0.25, -0.2) is 12.8 Å². The smallest absolute Gasteiger partial charge is 0.151 e. The summed E-state index contributed by atoms with van der Waals surface area (Å²) in [6.07, 6.45) is 1.14. The third kappa shape index (κ3) is 1.94. The monoisotopic (exact) mass is 273 g/mol. The van der Waals surface area contributed by atoms with E-state index in [9.17, 15) is 17.9 Å². The molecule has 1 fully saturated rings. The van der Waals surface area contributed by atoms with Crippen molar-refractivity contribution in [3.8, 4) is 0 Å². The van der Waals surface area contributed by atoms with Gasteiger partial charge >= 0.3 is 0 Å². The molecular weight excluding hydrogens is 257 g/mol. The van der Waals surface area contributed by atoms with E-state index in [1.54, 1.807) is 12.1 Å². The van der Waals surface area contributed by atoms with Crippen LogP contribution in [0.3, 0.4) is 0 Å². The molecule has 0 heterocycles. The summed E-state index contributed by atoms with van der Waals surface area (Å²) < 4.78 is 36.3. The Hall–Kier alpha value is -0.980. The maximum atomic E-state index is 12.9. The number of nitrogens with two attached hydrogens (primary N) is 1. The molecular formula is C12H16FNO3S. The van der Waals surface area contributed by atoms with Gasteiger partial charge in [0.05, 0.1) is 11.9 Å². The third-order valence-corrected chi connectivity index (χ3v) is 5.41. The molecule has 6 heteroatoms. The SMILES string of the molecule is CS(=O)(=O)C1C(c2ccc(F)cc2)C1(CN)CO. The molecule has 0 saturated heterocycles. The predicted octanol–water partition coefficient (Wildman–Crippen LogP) is 0.274. The largest absolute Gasteiger partial charge is 0.396 e. The van der Waals surface area contributed by atoms with Crippen LogP contribution in [0.2, 0.25) is 0 Å². The van der Waals surface area contributed by atoms with Gasteiger partial charge in [0.2, 0.25) is 0 Å². The first kappa shape index (κ1) is 13.5. The zero-order valence-corrected chi connectivity index (χ0v) is 10.8. The fourth-order valence-corrected chi connectivity index (χ4v) is 4.81. The van der Waals surface area contributed by atoms with E-state index in [-0.39, 0.29) is 24.9 Å². The molecule has 3 atom stereocenters.